The molecule has 0 radical (unpaired) electrons. The quantitative estimate of drug-likeness (QED) is 0.553. The lowest BCUT2D eigenvalue weighted by atomic mass is 10.3. The van der Waals surface area contributed by atoms with Gasteiger partial charge in [-0.05, 0) is 60.7 Å². The number of carbonyl (C=O) groups is 1. The average molecular weight is 475 g/mol. The second kappa shape index (κ2) is 9.11. The molecule has 8 heteroatoms. The molecule has 3 aromatic rings. The first-order valence-corrected chi connectivity index (χ1v) is 10.9. The maximum Gasteiger partial charge on any atom is 0.264 e. The summed E-state index contributed by atoms with van der Waals surface area (Å²) < 4.78 is 33.1. The lowest BCUT2D eigenvalue weighted by Gasteiger charge is -2.19. The number of benzene rings is 3. The molecule has 0 aliphatic carbocycles. The Kier molecular flexibility index (Phi) is 6.56. The summed E-state index contributed by atoms with van der Waals surface area (Å²) in [5, 5.41) is 2.68. The highest BCUT2D eigenvalue weighted by atomic mass is 79.9. The van der Waals surface area contributed by atoms with Gasteiger partial charge in [0.15, 0.2) is 6.61 Å². The van der Waals surface area contributed by atoms with Crippen LogP contribution in [0.5, 0.6) is 5.75 Å². The SMILES string of the molecule is CN(c1ccccc1)S(=O)(=O)c1ccc(NC(=O)COc2ccc(Br)cc2)cc1. The largest absolute Gasteiger partial charge is 0.484 e. The van der Waals surface area contributed by atoms with E-state index in [2.05, 4.69) is 21.2 Å². The van der Waals surface area contributed by atoms with Crippen molar-refractivity contribution in [2.75, 3.05) is 23.3 Å². The van der Waals surface area contributed by atoms with Crippen molar-refractivity contribution in [1.29, 1.82) is 0 Å². The summed E-state index contributed by atoms with van der Waals surface area (Å²) in [6, 6.07) is 22.0. The summed E-state index contributed by atoms with van der Waals surface area (Å²) in [6.45, 7) is -0.154. The molecule has 3 rings (SSSR count). The van der Waals surface area contributed by atoms with Gasteiger partial charge in [0.05, 0.1) is 10.6 Å². The third-order valence-corrected chi connectivity index (χ3v) is 6.43. The summed E-state index contributed by atoms with van der Waals surface area (Å²) >= 11 is 3.33. The van der Waals surface area contributed by atoms with Gasteiger partial charge < -0.3 is 10.1 Å². The molecule has 29 heavy (non-hydrogen) atoms. The van der Waals surface area contributed by atoms with Crippen molar-refractivity contribution in [3.8, 4) is 5.75 Å². The molecular weight excluding hydrogens is 456 g/mol. The number of anilines is 2. The number of halogens is 1. The molecule has 0 aliphatic heterocycles. The Morgan fingerprint density at radius 3 is 2.21 bits per heavy atom. The monoisotopic (exact) mass is 474 g/mol. The number of hydrogen-bond donors (Lipinski definition) is 1. The van der Waals surface area contributed by atoms with Crippen LogP contribution in [0.25, 0.3) is 0 Å². The zero-order chi connectivity index (χ0) is 20.9. The molecule has 0 saturated carbocycles. The maximum absolute atomic E-state index is 12.8. The van der Waals surface area contributed by atoms with Crippen molar-refractivity contribution in [2.24, 2.45) is 0 Å². The van der Waals surface area contributed by atoms with Crippen molar-refractivity contribution >= 4 is 43.2 Å². The van der Waals surface area contributed by atoms with Crippen LogP contribution in [0.1, 0.15) is 0 Å². The third kappa shape index (κ3) is 5.36. The van der Waals surface area contributed by atoms with Crippen LogP contribution in [-0.2, 0) is 14.8 Å². The number of hydrogen-bond acceptors (Lipinski definition) is 4. The normalized spacial score (nSPS) is 11.0. The Hall–Kier alpha value is -2.84. The number of para-hydroxylation sites is 1. The molecule has 0 atom stereocenters. The second-order valence-corrected chi connectivity index (χ2v) is 9.01. The zero-order valence-corrected chi connectivity index (χ0v) is 18.0. The first-order valence-electron chi connectivity index (χ1n) is 8.68. The van der Waals surface area contributed by atoms with Gasteiger partial charge in [0.2, 0.25) is 0 Å². The van der Waals surface area contributed by atoms with Gasteiger partial charge in [-0.15, -0.1) is 0 Å². The van der Waals surface area contributed by atoms with Gasteiger partial charge >= 0.3 is 0 Å². The topological polar surface area (TPSA) is 75.7 Å². The first-order chi connectivity index (χ1) is 13.9. The fourth-order valence-corrected chi connectivity index (χ4v) is 3.98. The van der Waals surface area contributed by atoms with Gasteiger partial charge in [-0.2, -0.15) is 0 Å². The van der Waals surface area contributed by atoms with E-state index in [1.54, 1.807) is 48.5 Å². The summed E-state index contributed by atoms with van der Waals surface area (Å²) in [7, 11) is -2.20. The number of carbonyl (C=O) groups excluding carboxylic acids is 1. The van der Waals surface area contributed by atoms with Crippen molar-refractivity contribution in [3.05, 3.63) is 83.3 Å². The van der Waals surface area contributed by atoms with Crippen LogP contribution in [0.3, 0.4) is 0 Å². The van der Waals surface area contributed by atoms with Crippen LogP contribution in [0.2, 0.25) is 0 Å². The van der Waals surface area contributed by atoms with Crippen LogP contribution < -0.4 is 14.4 Å². The van der Waals surface area contributed by atoms with Gasteiger partial charge in [-0.3, -0.25) is 9.10 Å². The van der Waals surface area contributed by atoms with E-state index >= 15 is 0 Å². The van der Waals surface area contributed by atoms with E-state index < -0.39 is 10.0 Å². The molecule has 6 nitrogen and oxygen atoms in total. The minimum absolute atomic E-state index is 0.132. The zero-order valence-electron chi connectivity index (χ0n) is 15.6. The van der Waals surface area contributed by atoms with E-state index in [4.69, 9.17) is 4.74 Å². The molecule has 3 aromatic carbocycles. The van der Waals surface area contributed by atoms with Crippen LogP contribution in [-0.4, -0.2) is 28.0 Å². The molecular formula is C21H19BrN2O4S. The molecule has 1 amide bonds. The lowest BCUT2D eigenvalue weighted by molar-refractivity contribution is -0.118. The molecule has 150 valence electrons. The van der Waals surface area contributed by atoms with Crippen LogP contribution >= 0.6 is 15.9 Å². The van der Waals surface area contributed by atoms with E-state index in [-0.39, 0.29) is 17.4 Å². The van der Waals surface area contributed by atoms with Crippen molar-refractivity contribution < 1.29 is 17.9 Å². The van der Waals surface area contributed by atoms with Gasteiger partial charge in [-0.25, -0.2) is 8.42 Å². The molecule has 0 spiro atoms. The summed E-state index contributed by atoms with van der Waals surface area (Å²) in [6.07, 6.45) is 0. The molecule has 0 aromatic heterocycles. The third-order valence-electron chi connectivity index (χ3n) is 4.10. The van der Waals surface area contributed by atoms with E-state index in [0.29, 0.717) is 17.1 Å². The minimum Gasteiger partial charge on any atom is -0.484 e. The summed E-state index contributed by atoms with van der Waals surface area (Å²) in [4.78, 5) is 12.2. The molecule has 0 heterocycles. The van der Waals surface area contributed by atoms with Crippen molar-refractivity contribution in [2.45, 2.75) is 4.90 Å². The molecule has 0 fully saturated rings. The Bertz CT molecular complexity index is 1070. The fraction of sp³-hybridized carbons (Fsp3) is 0.0952. The Morgan fingerprint density at radius 2 is 1.59 bits per heavy atom. The number of nitrogens with zero attached hydrogens (tertiary/aromatic N) is 1. The molecule has 0 unspecified atom stereocenters. The standard InChI is InChI=1S/C21H19BrN2O4S/c1-24(18-5-3-2-4-6-18)29(26,27)20-13-9-17(10-14-20)23-21(25)15-28-19-11-7-16(22)8-12-19/h2-14H,15H2,1H3,(H,23,25). The van der Waals surface area contributed by atoms with Crippen LogP contribution in [0, 0.1) is 0 Å². The highest BCUT2D eigenvalue weighted by molar-refractivity contribution is 9.10. The highest BCUT2D eigenvalue weighted by Gasteiger charge is 2.21. The van der Waals surface area contributed by atoms with Gasteiger partial charge in [-0.1, -0.05) is 34.1 Å². The predicted molar refractivity (Wildman–Crippen MR) is 117 cm³/mol. The second-order valence-electron chi connectivity index (χ2n) is 6.12. The molecule has 1 N–H and O–H groups in total. The van der Waals surface area contributed by atoms with Crippen molar-refractivity contribution in [1.82, 2.24) is 0 Å². The summed E-state index contributed by atoms with van der Waals surface area (Å²) in [5.74, 6) is 0.235. The Labute approximate surface area is 178 Å². The van der Waals surface area contributed by atoms with E-state index in [1.165, 1.54) is 23.5 Å². The van der Waals surface area contributed by atoms with Crippen LogP contribution in [0.4, 0.5) is 11.4 Å². The lowest BCUT2D eigenvalue weighted by Crippen LogP contribution is -2.26. The molecule has 0 saturated heterocycles. The minimum atomic E-state index is -3.69. The van der Waals surface area contributed by atoms with E-state index in [0.717, 1.165) is 4.47 Å². The van der Waals surface area contributed by atoms with Crippen molar-refractivity contribution in [3.63, 3.8) is 0 Å². The number of rotatable bonds is 7. The predicted octanol–water partition coefficient (Wildman–Crippen LogP) is 4.29. The number of sulfonamides is 1. The highest BCUT2D eigenvalue weighted by Crippen LogP contribution is 2.23. The first kappa shape index (κ1) is 20.9. The van der Waals surface area contributed by atoms with Gasteiger partial charge in [0.25, 0.3) is 15.9 Å². The van der Waals surface area contributed by atoms with Gasteiger partial charge in [0, 0.05) is 17.2 Å². The smallest absolute Gasteiger partial charge is 0.264 e. The van der Waals surface area contributed by atoms with Crippen LogP contribution in [0.15, 0.2) is 88.2 Å². The summed E-state index contributed by atoms with van der Waals surface area (Å²) in [5.41, 5.74) is 1.05. The van der Waals surface area contributed by atoms with E-state index in [9.17, 15) is 13.2 Å². The molecule has 0 bridgehead atoms. The number of ether oxygens (including phenoxy) is 1. The Morgan fingerprint density at radius 1 is 0.966 bits per heavy atom. The van der Waals surface area contributed by atoms with E-state index in [1.807, 2.05) is 18.2 Å². The van der Waals surface area contributed by atoms with Gasteiger partial charge in [0.1, 0.15) is 5.75 Å². The Balaban J connectivity index is 1.62. The average Bonchev–Trinajstić information content (AvgIpc) is 2.74. The molecule has 0 aliphatic rings. The maximum atomic E-state index is 12.8. The number of nitrogens with one attached hydrogen (secondary N) is 1. The fourth-order valence-electron chi connectivity index (χ4n) is 2.52. The number of amides is 1.